The molecule has 0 N–H and O–H groups in total. The second kappa shape index (κ2) is 8.19. The molecule has 2 aromatic rings. The van der Waals surface area contributed by atoms with E-state index in [0.29, 0.717) is 5.92 Å². The van der Waals surface area contributed by atoms with Crippen LogP contribution >= 0.6 is 0 Å². The highest BCUT2D eigenvalue weighted by Gasteiger charge is 2.46. The van der Waals surface area contributed by atoms with Crippen LogP contribution in [0.1, 0.15) is 47.1 Å². The molecule has 5 rings (SSSR count). The predicted octanol–water partition coefficient (Wildman–Crippen LogP) is 3.38. The predicted molar refractivity (Wildman–Crippen MR) is 128 cm³/mol. The highest BCUT2D eigenvalue weighted by Crippen LogP contribution is 2.37. The maximum atomic E-state index is 13.8. The zero-order valence-electron chi connectivity index (χ0n) is 19.5. The smallest absolute Gasteiger partial charge is 0.256 e. The number of rotatable bonds is 4. The van der Waals surface area contributed by atoms with Crippen LogP contribution in [0.2, 0.25) is 0 Å². The van der Waals surface area contributed by atoms with E-state index in [1.165, 1.54) is 0 Å². The van der Waals surface area contributed by atoms with Gasteiger partial charge in [0.25, 0.3) is 5.91 Å². The second-order valence-corrected chi connectivity index (χ2v) is 9.31. The average molecular weight is 433 g/mol. The molecular formula is C25H32N6O. The summed E-state index contributed by atoms with van der Waals surface area (Å²) in [5.74, 6) is 1.49. The molecule has 7 heteroatoms. The number of hydrogen-bond donors (Lipinski definition) is 0. The summed E-state index contributed by atoms with van der Waals surface area (Å²) in [6.07, 6.45) is 4.08. The molecule has 0 radical (unpaired) electrons. The molecule has 0 spiro atoms. The molecule has 0 aliphatic carbocycles. The Bertz CT molecular complexity index is 1050. The highest BCUT2D eigenvalue weighted by molar-refractivity contribution is 6.01. The fraction of sp³-hybridized carbons (Fsp3) is 0.520. The molecule has 1 amide bonds. The third kappa shape index (κ3) is 3.53. The maximum absolute atomic E-state index is 13.8. The average Bonchev–Trinajstić information content (AvgIpc) is 3.22. The van der Waals surface area contributed by atoms with Gasteiger partial charge in [0.2, 0.25) is 5.95 Å². The molecule has 3 aliphatic heterocycles. The number of amides is 1. The van der Waals surface area contributed by atoms with Crippen molar-refractivity contribution in [1.82, 2.24) is 14.9 Å². The first-order chi connectivity index (χ1) is 15.5. The van der Waals surface area contributed by atoms with Crippen molar-refractivity contribution in [3.8, 4) is 0 Å². The number of hydrogen-bond acceptors (Lipinski definition) is 6. The van der Waals surface area contributed by atoms with Gasteiger partial charge in [-0.15, -0.1) is 0 Å². The standard InChI is InChI=1S/C25H32N6O/c1-5-22-26-10-12-30(22)23-16(2)7-6-8-20(23)24(32)31-14-19-9-11-29(15-21(19)31)25-27-17(3)13-18(4)28-25/h6-8,10,13,19,21-22H,5,9,11-12,14-15H2,1-4H3. The number of anilines is 2. The fourth-order valence-corrected chi connectivity index (χ4v) is 5.45. The Morgan fingerprint density at radius 1 is 1.12 bits per heavy atom. The number of nitrogens with zero attached hydrogens (tertiary/aromatic N) is 6. The van der Waals surface area contributed by atoms with Gasteiger partial charge in [-0.3, -0.25) is 9.79 Å². The van der Waals surface area contributed by atoms with Crippen LogP contribution in [0, 0.1) is 26.7 Å². The van der Waals surface area contributed by atoms with Gasteiger partial charge in [-0.1, -0.05) is 19.1 Å². The number of carbonyl (C=O) groups is 1. The molecule has 7 nitrogen and oxygen atoms in total. The van der Waals surface area contributed by atoms with E-state index in [1.807, 2.05) is 38.3 Å². The summed E-state index contributed by atoms with van der Waals surface area (Å²) in [6.45, 7) is 11.6. The molecule has 0 saturated carbocycles. The van der Waals surface area contributed by atoms with Crippen LogP contribution in [0.3, 0.4) is 0 Å². The first kappa shape index (κ1) is 20.9. The Labute approximate surface area is 190 Å². The van der Waals surface area contributed by atoms with Crippen LogP contribution in [0.25, 0.3) is 0 Å². The third-order valence-corrected chi connectivity index (χ3v) is 7.10. The van der Waals surface area contributed by atoms with Crippen molar-refractivity contribution in [1.29, 1.82) is 0 Å². The zero-order valence-corrected chi connectivity index (χ0v) is 19.5. The lowest BCUT2D eigenvalue weighted by Crippen LogP contribution is -2.66. The van der Waals surface area contributed by atoms with Crippen LogP contribution < -0.4 is 9.80 Å². The minimum absolute atomic E-state index is 0.110. The van der Waals surface area contributed by atoms with Gasteiger partial charge in [0, 0.05) is 43.2 Å². The zero-order chi connectivity index (χ0) is 22.4. The van der Waals surface area contributed by atoms with Crippen molar-refractivity contribution in [2.24, 2.45) is 10.9 Å². The Kier molecular flexibility index (Phi) is 5.35. The van der Waals surface area contributed by atoms with Crippen LogP contribution in [0.4, 0.5) is 11.6 Å². The van der Waals surface area contributed by atoms with Gasteiger partial charge in [0.1, 0.15) is 6.17 Å². The number of aromatic nitrogens is 2. The fourth-order valence-electron chi connectivity index (χ4n) is 5.45. The summed E-state index contributed by atoms with van der Waals surface area (Å²) in [5.41, 5.74) is 4.94. The van der Waals surface area contributed by atoms with E-state index in [-0.39, 0.29) is 18.1 Å². The Morgan fingerprint density at radius 3 is 2.66 bits per heavy atom. The lowest BCUT2D eigenvalue weighted by atomic mass is 9.81. The van der Waals surface area contributed by atoms with E-state index in [4.69, 9.17) is 0 Å². The Balaban J connectivity index is 1.39. The number of benzene rings is 1. The summed E-state index contributed by atoms with van der Waals surface area (Å²) >= 11 is 0. The van der Waals surface area contributed by atoms with Crippen molar-refractivity contribution in [2.45, 2.75) is 52.7 Å². The summed E-state index contributed by atoms with van der Waals surface area (Å²) < 4.78 is 0. The maximum Gasteiger partial charge on any atom is 0.256 e. The second-order valence-electron chi connectivity index (χ2n) is 9.31. The molecule has 3 unspecified atom stereocenters. The minimum atomic E-state index is 0.110. The van der Waals surface area contributed by atoms with E-state index < -0.39 is 0 Å². The first-order valence-corrected chi connectivity index (χ1v) is 11.7. The molecule has 4 heterocycles. The van der Waals surface area contributed by atoms with Crippen molar-refractivity contribution in [2.75, 3.05) is 36.0 Å². The van der Waals surface area contributed by atoms with Gasteiger partial charge in [0.15, 0.2) is 0 Å². The Hall–Kier alpha value is -2.96. The normalized spacial score (nSPS) is 24.5. The summed E-state index contributed by atoms with van der Waals surface area (Å²) in [7, 11) is 0. The van der Waals surface area contributed by atoms with E-state index in [1.54, 1.807) is 0 Å². The van der Waals surface area contributed by atoms with Gasteiger partial charge in [-0.2, -0.15) is 0 Å². The minimum Gasteiger partial charge on any atom is -0.343 e. The number of aryl methyl sites for hydroxylation is 3. The number of piperidine rings is 1. The lowest BCUT2D eigenvalue weighted by molar-refractivity contribution is 0.00772. The van der Waals surface area contributed by atoms with E-state index in [0.717, 1.165) is 73.2 Å². The number of para-hydroxylation sites is 1. The topological polar surface area (TPSA) is 64.9 Å². The monoisotopic (exact) mass is 432 g/mol. The van der Waals surface area contributed by atoms with Crippen LogP contribution in [0.15, 0.2) is 29.3 Å². The van der Waals surface area contributed by atoms with Crippen molar-refractivity contribution in [3.63, 3.8) is 0 Å². The number of likely N-dealkylation sites (tertiary alicyclic amines) is 1. The number of fused-ring (bicyclic) bond motifs is 1. The van der Waals surface area contributed by atoms with Crippen LogP contribution in [-0.4, -0.2) is 65.4 Å². The SMILES string of the molecule is CCC1N=CCN1c1c(C)cccc1C(=O)N1CC2CCN(c3nc(C)cc(C)n3)CC21. The molecule has 3 aliphatic rings. The Morgan fingerprint density at radius 2 is 1.91 bits per heavy atom. The molecule has 0 bridgehead atoms. The van der Waals surface area contributed by atoms with Crippen LogP contribution in [0.5, 0.6) is 0 Å². The molecule has 2 saturated heterocycles. The molecular weight excluding hydrogens is 400 g/mol. The highest BCUT2D eigenvalue weighted by atomic mass is 16.2. The number of aliphatic imine (C=N–C) groups is 1. The van der Waals surface area contributed by atoms with Crippen molar-refractivity contribution in [3.05, 3.63) is 46.8 Å². The van der Waals surface area contributed by atoms with Gasteiger partial charge in [-0.05, 0) is 51.3 Å². The van der Waals surface area contributed by atoms with Gasteiger partial charge in [0.05, 0.1) is 23.8 Å². The summed E-state index contributed by atoms with van der Waals surface area (Å²) in [6, 6.07) is 8.29. The van der Waals surface area contributed by atoms with Crippen LogP contribution in [-0.2, 0) is 0 Å². The number of carbonyl (C=O) groups excluding carboxylic acids is 1. The largest absolute Gasteiger partial charge is 0.343 e. The molecule has 3 atom stereocenters. The molecule has 168 valence electrons. The lowest BCUT2D eigenvalue weighted by Gasteiger charge is -2.53. The van der Waals surface area contributed by atoms with E-state index in [9.17, 15) is 4.79 Å². The van der Waals surface area contributed by atoms with E-state index in [2.05, 4.69) is 49.6 Å². The van der Waals surface area contributed by atoms with Crippen molar-refractivity contribution >= 4 is 23.8 Å². The van der Waals surface area contributed by atoms with E-state index >= 15 is 0 Å². The van der Waals surface area contributed by atoms with Gasteiger partial charge < -0.3 is 14.7 Å². The molecule has 1 aromatic carbocycles. The quantitative estimate of drug-likeness (QED) is 0.741. The molecule has 1 aromatic heterocycles. The third-order valence-electron chi connectivity index (χ3n) is 7.10. The van der Waals surface area contributed by atoms with Gasteiger partial charge in [-0.25, -0.2) is 9.97 Å². The van der Waals surface area contributed by atoms with Crippen molar-refractivity contribution < 1.29 is 4.79 Å². The first-order valence-electron chi connectivity index (χ1n) is 11.7. The molecule has 32 heavy (non-hydrogen) atoms. The van der Waals surface area contributed by atoms with Gasteiger partial charge >= 0.3 is 0 Å². The summed E-state index contributed by atoms with van der Waals surface area (Å²) in [5, 5.41) is 0. The summed E-state index contributed by atoms with van der Waals surface area (Å²) in [4.78, 5) is 34.3. The molecule has 2 fully saturated rings.